The fourth-order valence-electron chi connectivity index (χ4n) is 8.11. The highest BCUT2D eigenvalue weighted by Crippen LogP contribution is 2.40. The largest absolute Gasteiger partial charge is 0.310 e. The minimum Gasteiger partial charge on any atom is -0.310 e. The Bertz CT molecular complexity index is 2750. The molecule has 0 saturated carbocycles. The molecule has 0 heterocycles. The molecule has 0 aliphatic carbocycles. The zero-order valence-corrected chi connectivity index (χ0v) is 36.2. The Morgan fingerprint density at radius 1 is 0.328 bits per heavy atom. The summed E-state index contributed by atoms with van der Waals surface area (Å²) >= 11 is 0. The fourth-order valence-corrected chi connectivity index (χ4v) is 8.11. The monoisotopic (exact) mass is 790 g/mol. The maximum Gasteiger partial charge on any atom is 0.0522 e. The van der Waals surface area contributed by atoms with Crippen molar-refractivity contribution in [1.82, 2.24) is 0 Å². The number of hydrogen-bond acceptors (Lipinski definition) is 2. The van der Waals surface area contributed by atoms with E-state index in [1.807, 2.05) is 0 Å². The summed E-state index contributed by atoms with van der Waals surface area (Å²) < 4.78 is 0. The van der Waals surface area contributed by atoms with E-state index in [9.17, 15) is 0 Å². The average molecular weight is 791 g/mol. The Balaban J connectivity index is 0.929. The molecule has 0 aliphatic rings. The van der Waals surface area contributed by atoms with Gasteiger partial charge in [-0.05, 0) is 145 Å². The minimum absolute atomic E-state index is 0.975. The van der Waals surface area contributed by atoms with Crippen molar-refractivity contribution < 1.29 is 0 Å². The molecule has 0 N–H and O–H groups in total. The molecular formula is C59H54N2. The van der Waals surface area contributed by atoms with Gasteiger partial charge in [0.15, 0.2) is 0 Å². The predicted octanol–water partition coefficient (Wildman–Crippen LogP) is 16.7. The zero-order chi connectivity index (χ0) is 42.3. The van der Waals surface area contributed by atoms with E-state index in [0.29, 0.717) is 0 Å². The summed E-state index contributed by atoms with van der Waals surface area (Å²) in [6.45, 7) is 13.1. The van der Waals surface area contributed by atoms with E-state index in [1.54, 1.807) is 0 Å². The summed E-state index contributed by atoms with van der Waals surface area (Å²) in [5.41, 5.74) is 21.8. The van der Waals surface area contributed by atoms with E-state index in [2.05, 4.69) is 258 Å². The first kappa shape index (κ1) is 40.6. The highest BCUT2D eigenvalue weighted by atomic mass is 15.2. The Hall–Kier alpha value is -7.16. The molecule has 2 nitrogen and oxygen atoms in total. The van der Waals surface area contributed by atoms with Crippen molar-refractivity contribution in [2.45, 2.75) is 48.0 Å². The van der Waals surface area contributed by atoms with Crippen LogP contribution in [0, 0.1) is 34.6 Å². The number of nitrogens with zero attached hydrogens (tertiary/aromatic N) is 2. The van der Waals surface area contributed by atoms with Crippen molar-refractivity contribution >= 4 is 58.4 Å². The molecule has 0 atom stereocenters. The smallest absolute Gasteiger partial charge is 0.0522 e. The second-order valence-electron chi connectivity index (χ2n) is 16.1. The molecule has 0 bridgehead atoms. The Morgan fingerprint density at radius 3 is 0.984 bits per heavy atom. The van der Waals surface area contributed by atoms with Gasteiger partial charge >= 0.3 is 0 Å². The molecule has 0 aliphatic heterocycles. The van der Waals surface area contributed by atoms with Crippen LogP contribution in [0.2, 0.25) is 0 Å². The summed E-state index contributed by atoms with van der Waals surface area (Å²) in [6, 6.07) is 66.1. The Morgan fingerprint density at radius 2 is 0.623 bits per heavy atom. The van der Waals surface area contributed by atoms with Gasteiger partial charge in [-0.25, -0.2) is 0 Å². The molecule has 8 aromatic rings. The van der Waals surface area contributed by atoms with Crippen LogP contribution in [-0.2, 0) is 6.42 Å². The van der Waals surface area contributed by atoms with Crippen LogP contribution >= 0.6 is 0 Å². The van der Waals surface area contributed by atoms with Crippen molar-refractivity contribution in [1.29, 1.82) is 0 Å². The van der Waals surface area contributed by atoms with Gasteiger partial charge in [0.25, 0.3) is 0 Å². The summed E-state index contributed by atoms with van der Waals surface area (Å²) in [6.07, 6.45) is 9.74. The van der Waals surface area contributed by atoms with Crippen molar-refractivity contribution in [3.63, 3.8) is 0 Å². The first-order valence-electron chi connectivity index (χ1n) is 21.4. The first-order chi connectivity index (χ1) is 29.7. The summed E-state index contributed by atoms with van der Waals surface area (Å²) in [4.78, 5) is 4.77. The molecule has 0 unspecified atom stereocenters. The van der Waals surface area contributed by atoms with Gasteiger partial charge in [-0.15, -0.1) is 0 Å². The molecule has 8 aromatic carbocycles. The maximum atomic E-state index is 2.40. The number of anilines is 6. The van der Waals surface area contributed by atoms with Gasteiger partial charge in [0.1, 0.15) is 0 Å². The third kappa shape index (κ3) is 9.35. The predicted molar refractivity (Wildman–Crippen MR) is 265 cm³/mol. The molecule has 300 valence electrons. The van der Waals surface area contributed by atoms with E-state index in [1.165, 1.54) is 78.3 Å². The Labute approximate surface area is 363 Å². The topological polar surface area (TPSA) is 6.48 Å². The quantitative estimate of drug-likeness (QED) is 0.114. The summed E-state index contributed by atoms with van der Waals surface area (Å²) in [7, 11) is 0. The molecule has 0 amide bonds. The Kier molecular flexibility index (Phi) is 12.3. The number of aryl methyl sites for hydroxylation is 6. The van der Waals surface area contributed by atoms with Crippen LogP contribution in [-0.4, -0.2) is 0 Å². The van der Waals surface area contributed by atoms with Crippen LogP contribution in [0.25, 0.3) is 35.4 Å². The van der Waals surface area contributed by atoms with E-state index < -0.39 is 0 Å². The highest BCUT2D eigenvalue weighted by Gasteiger charge is 2.18. The number of rotatable bonds is 12. The lowest BCUT2D eigenvalue weighted by molar-refractivity contribution is 1.10. The molecule has 0 fully saturated rings. The number of benzene rings is 8. The standard InChI is InChI=1S/C59H54N2/c1-7-51-13-9-12-46(6)59(51)61(55-36-16-43(3)17-37-55)57-40-28-50(29-41-57)21-19-48-24-32-53(33-25-48)52-30-22-47(23-31-52)18-20-49-26-38-56(39-27-49)60(54-34-14-42(2)15-35-54)58-44(4)10-8-11-45(58)5/h8-41H,7H2,1-6H3. The van der Waals surface area contributed by atoms with Gasteiger partial charge in [0.05, 0.1) is 11.4 Å². The molecule has 0 spiro atoms. The van der Waals surface area contributed by atoms with Gasteiger partial charge < -0.3 is 9.80 Å². The third-order valence-electron chi connectivity index (χ3n) is 11.6. The van der Waals surface area contributed by atoms with Crippen molar-refractivity contribution in [3.05, 3.63) is 238 Å². The minimum atomic E-state index is 0.975. The van der Waals surface area contributed by atoms with Crippen LogP contribution < -0.4 is 9.80 Å². The summed E-state index contributed by atoms with van der Waals surface area (Å²) in [5.74, 6) is 0. The SMILES string of the molecule is CCc1cccc(C)c1N(c1ccc(C)cc1)c1ccc(C=Cc2ccc(-c3ccc(C=Cc4ccc(N(c5ccc(C)cc5)c5c(C)cccc5C)cc4)cc3)cc2)cc1. The molecule has 0 saturated heterocycles. The molecule has 8 rings (SSSR count). The van der Waals surface area contributed by atoms with Crippen molar-refractivity contribution in [2.75, 3.05) is 9.80 Å². The zero-order valence-electron chi connectivity index (χ0n) is 36.2. The third-order valence-corrected chi connectivity index (χ3v) is 11.6. The van der Waals surface area contributed by atoms with Crippen LogP contribution in [0.5, 0.6) is 0 Å². The fraction of sp³-hybridized carbons (Fsp3) is 0.119. The van der Waals surface area contributed by atoms with Gasteiger partial charge in [-0.3, -0.25) is 0 Å². The van der Waals surface area contributed by atoms with E-state index in [4.69, 9.17) is 0 Å². The molecule has 0 radical (unpaired) electrons. The van der Waals surface area contributed by atoms with E-state index in [0.717, 1.165) is 29.0 Å². The van der Waals surface area contributed by atoms with Crippen molar-refractivity contribution in [3.8, 4) is 11.1 Å². The van der Waals surface area contributed by atoms with E-state index >= 15 is 0 Å². The first-order valence-corrected chi connectivity index (χ1v) is 21.4. The van der Waals surface area contributed by atoms with Crippen molar-refractivity contribution in [2.24, 2.45) is 0 Å². The van der Waals surface area contributed by atoms with Gasteiger partial charge in [-0.2, -0.15) is 0 Å². The normalized spacial score (nSPS) is 11.4. The molecule has 2 heteroatoms. The van der Waals surface area contributed by atoms with Crippen LogP contribution in [0.3, 0.4) is 0 Å². The van der Waals surface area contributed by atoms with Crippen LogP contribution in [0.15, 0.2) is 182 Å². The second kappa shape index (κ2) is 18.4. The second-order valence-corrected chi connectivity index (χ2v) is 16.1. The lowest BCUT2D eigenvalue weighted by Gasteiger charge is -2.29. The van der Waals surface area contributed by atoms with Crippen LogP contribution in [0.1, 0.15) is 62.6 Å². The van der Waals surface area contributed by atoms with E-state index in [-0.39, 0.29) is 0 Å². The maximum absolute atomic E-state index is 2.40. The summed E-state index contributed by atoms with van der Waals surface area (Å²) in [5, 5.41) is 0. The molecular weight excluding hydrogens is 737 g/mol. The lowest BCUT2D eigenvalue weighted by Crippen LogP contribution is -2.13. The lowest BCUT2D eigenvalue weighted by atomic mass is 10.0. The van der Waals surface area contributed by atoms with Gasteiger partial charge in [0.2, 0.25) is 0 Å². The number of hydrogen-bond donors (Lipinski definition) is 0. The molecule has 0 aromatic heterocycles. The van der Waals surface area contributed by atoms with Gasteiger partial charge in [-0.1, -0.05) is 176 Å². The van der Waals surface area contributed by atoms with Gasteiger partial charge in [0, 0.05) is 22.7 Å². The molecule has 61 heavy (non-hydrogen) atoms. The number of para-hydroxylation sites is 2. The highest BCUT2D eigenvalue weighted by molar-refractivity contribution is 5.83. The average Bonchev–Trinajstić information content (AvgIpc) is 3.29. The van der Waals surface area contributed by atoms with Crippen LogP contribution in [0.4, 0.5) is 34.1 Å².